The Morgan fingerprint density at radius 3 is 2.29 bits per heavy atom. The number of aromatic nitrogens is 6. The number of H-pyrrole nitrogens is 1. The number of benzene rings is 3. The SMILES string of the molecule is O=[N+]([O-])c1ccc(/C=N\n2c(-c3nc(-c4ccccc4)n(-c4ccccc4)n3)n[nH]c2=S)cc1. The first-order valence-electron chi connectivity index (χ1n) is 10.1. The Morgan fingerprint density at radius 2 is 1.62 bits per heavy atom. The molecule has 0 aliphatic heterocycles. The molecule has 0 aliphatic carbocycles. The number of hydrogen-bond donors (Lipinski definition) is 1. The van der Waals surface area contributed by atoms with Gasteiger partial charge in [0.05, 0.1) is 16.8 Å². The molecule has 34 heavy (non-hydrogen) atoms. The number of para-hydroxylation sites is 1. The average Bonchev–Trinajstić information content (AvgIpc) is 3.48. The number of aromatic amines is 1. The summed E-state index contributed by atoms with van der Waals surface area (Å²) in [6, 6.07) is 25.4. The van der Waals surface area contributed by atoms with Gasteiger partial charge in [-0.1, -0.05) is 48.5 Å². The van der Waals surface area contributed by atoms with Crippen molar-refractivity contribution in [3.8, 4) is 28.7 Å². The van der Waals surface area contributed by atoms with Crippen LogP contribution < -0.4 is 0 Å². The Bertz CT molecular complexity index is 1480. The van der Waals surface area contributed by atoms with Gasteiger partial charge < -0.3 is 0 Å². The summed E-state index contributed by atoms with van der Waals surface area (Å²) in [5.74, 6) is 1.30. The van der Waals surface area contributed by atoms with E-state index in [4.69, 9.17) is 22.3 Å². The molecule has 166 valence electrons. The van der Waals surface area contributed by atoms with Crippen molar-refractivity contribution in [2.75, 3.05) is 0 Å². The van der Waals surface area contributed by atoms with E-state index in [2.05, 4.69) is 15.3 Å². The molecule has 0 radical (unpaired) electrons. The molecule has 0 saturated carbocycles. The smallest absolute Gasteiger partial charge is 0.258 e. The number of nitro benzene ring substituents is 1. The van der Waals surface area contributed by atoms with E-state index in [1.165, 1.54) is 23.0 Å². The third-order valence-electron chi connectivity index (χ3n) is 4.92. The van der Waals surface area contributed by atoms with Gasteiger partial charge in [-0.05, 0) is 42.0 Å². The van der Waals surface area contributed by atoms with Gasteiger partial charge in [-0.15, -0.1) is 10.2 Å². The maximum atomic E-state index is 10.9. The van der Waals surface area contributed by atoms with Crippen LogP contribution >= 0.6 is 12.2 Å². The van der Waals surface area contributed by atoms with Crippen molar-refractivity contribution in [3.63, 3.8) is 0 Å². The molecule has 0 unspecified atom stereocenters. The Labute approximate surface area is 198 Å². The van der Waals surface area contributed by atoms with Crippen molar-refractivity contribution in [2.24, 2.45) is 5.10 Å². The van der Waals surface area contributed by atoms with Gasteiger partial charge in [-0.2, -0.15) is 9.78 Å². The maximum Gasteiger partial charge on any atom is 0.269 e. The van der Waals surface area contributed by atoms with Crippen LogP contribution in [0.15, 0.2) is 90.0 Å². The summed E-state index contributed by atoms with van der Waals surface area (Å²) in [6.45, 7) is 0. The zero-order chi connectivity index (χ0) is 23.5. The number of nitro groups is 1. The van der Waals surface area contributed by atoms with Gasteiger partial charge >= 0.3 is 0 Å². The highest BCUT2D eigenvalue weighted by Gasteiger charge is 2.19. The van der Waals surface area contributed by atoms with Gasteiger partial charge in [-0.25, -0.2) is 14.8 Å². The summed E-state index contributed by atoms with van der Waals surface area (Å²) in [5.41, 5.74) is 2.39. The lowest BCUT2D eigenvalue weighted by molar-refractivity contribution is -0.384. The van der Waals surface area contributed by atoms with Crippen LogP contribution in [-0.4, -0.2) is 40.8 Å². The van der Waals surface area contributed by atoms with E-state index in [1.54, 1.807) is 16.8 Å². The monoisotopic (exact) mass is 468 g/mol. The first kappa shape index (κ1) is 21.1. The lowest BCUT2D eigenvalue weighted by Crippen LogP contribution is -2.00. The third kappa shape index (κ3) is 4.14. The highest BCUT2D eigenvalue weighted by atomic mass is 32.1. The van der Waals surface area contributed by atoms with Crippen LogP contribution in [0, 0.1) is 14.9 Å². The van der Waals surface area contributed by atoms with Gasteiger partial charge in [-0.3, -0.25) is 10.1 Å². The predicted octanol–water partition coefficient (Wildman–Crippen LogP) is 4.65. The molecule has 0 amide bonds. The molecule has 0 bridgehead atoms. The lowest BCUT2D eigenvalue weighted by Gasteiger charge is -2.05. The zero-order valence-electron chi connectivity index (χ0n) is 17.5. The topological polar surface area (TPSA) is 120 Å². The molecule has 1 N–H and O–H groups in total. The molecule has 0 saturated heterocycles. The quantitative estimate of drug-likeness (QED) is 0.168. The molecule has 11 heteroatoms. The summed E-state index contributed by atoms with van der Waals surface area (Å²) in [4.78, 5) is 15.1. The van der Waals surface area contributed by atoms with E-state index in [0.29, 0.717) is 23.0 Å². The molecule has 5 rings (SSSR count). The van der Waals surface area contributed by atoms with Gasteiger partial charge in [0.2, 0.25) is 16.4 Å². The Morgan fingerprint density at radius 1 is 0.941 bits per heavy atom. The highest BCUT2D eigenvalue weighted by molar-refractivity contribution is 7.71. The molecule has 2 aromatic heterocycles. The van der Waals surface area contributed by atoms with Gasteiger partial charge in [0, 0.05) is 17.7 Å². The third-order valence-corrected chi connectivity index (χ3v) is 5.18. The van der Waals surface area contributed by atoms with E-state index in [1.807, 2.05) is 60.7 Å². The largest absolute Gasteiger partial charge is 0.269 e. The molecule has 10 nitrogen and oxygen atoms in total. The molecule has 0 atom stereocenters. The predicted molar refractivity (Wildman–Crippen MR) is 129 cm³/mol. The van der Waals surface area contributed by atoms with Crippen molar-refractivity contribution < 1.29 is 4.92 Å². The first-order valence-corrected chi connectivity index (χ1v) is 10.6. The van der Waals surface area contributed by atoms with Crippen molar-refractivity contribution in [1.82, 2.24) is 29.6 Å². The standard InChI is InChI=1S/C23H16N8O2S/c32-31(33)19-13-11-16(12-14-19)15-24-30-22(26-27-23(30)34)20-25-21(17-7-3-1-4-8-17)29(28-20)18-9-5-2-6-10-18/h1-15H,(H,27,34)/b24-15-. The Hall–Kier alpha value is -4.77. The van der Waals surface area contributed by atoms with Crippen molar-refractivity contribution in [1.29, 1.82) is 0 Å². The fourth-order valence-electron chi connectivity index (χ4n) is 3.28. The maximum absolute atomic E-state index is 10.9. The Kier molecular flexibility index (Phi) is 5.58. The van der Waals surface area contributed by atoms with Crippen molar-refractivity contribution in [2.45, 2.75) is 0 Å². The summed E-state index contributed by atoms with van der Waals surface area (Å²) >= 11 is 5.35. The summed E-state index contributed by atoms with van der Waals surface area (Å²) in [6.07, 6.45) is 1.53. The minimum Gasteiger partial charge on any atom is -0.258 e. The summed E-state index contributed by atoms with van der Waals surface area (Å²) < 4.78 is 3.41. The lowest BCUT2D eigenvalue weighted by atomic mass is 10.2. The second-order valence-electron chi connectivity index (χ2n) is 7.13. The van der Waals surface area contributed by atoms with Crippen LogP contribution in [0.1, 0.15) is 5.56 Å². The normalized spacial score (nSPS) is 11.2. The molecule has 0 aliphatic rings. The van der Waals surface area contributed by atoms with Crippen molar-refractivity contribution >= 4 is 24.1 Å². The van der Waals surface area contributed by atoms with E-state index in [9.17, 15) is 10.1 Å². The fourth-order valence-corrected chi connectivity index (χ4v) is 3.46. The molecule has 3 aromatic carbocycles. The number of nitrogens with zero attached hydrogens (tertiary/aromatic N) is 7. The first-order chi connectivity index (χ1) is 16.6. The zero-order valence-corrected chi connectivity index (χ0v) is 18.3. The number of nitrogens with one attached hydrogen (secondary N) is 1. The van der Waals surface area contributed by atoms with Crippen LogP contribution in [0.3, 0.4) is 0 Å². The Balaban J connectivity index is 1.57. The number of rotatable bonds is 6. The number of non-ortho nitro benzene ring substituents is 1. The van der Waals surface area contributed by atoms with Crippen LogP contribution in [0.5, 0.6) is 0 Å². The highest BCUT2D eigenvalue weighted by Crippen LogP contribution is 2.24. The van der Waals surface area contributed by atoms with Crippen LogP contribution in [0.4, 0.5) is 5.69 Å². The average molecular weight is 469 g/mol. The number of hydrogen-bond acceptors (Lipinski definition) is 7. The second kappa shape index (κ2) is 9.00. The van der Waals surface area contributed by atoms with Crippen LogP contribution in [-0.2, 0) is 0 Å². The van der Waals surface area contributed by atoms with Crippen LogP contribution in [0.25, 0.3) is 28.7 Å². The van der Waals surface area contributed by atoms with Gasteiger partial charge in [0.1, 0.15) is 0 Å². The van der Waals surface area contributed by atoms with E-state index in [-0.39, 0.29) is 10.5 Å². The molecular formula is C23H16N8O2S. The van der Waals surface area contributed by atoms with E-state index in [0.717, 1.165) is 11.3 Å². The molecular weight excluding hydrogens is 452 g/mol. The minimum atomic E-state index is -0.454. The van der Waals surface area contributed by atoms with E-state index >= 15 is 0 Å². The second-order valence-corrected chi connectivity index (χ2v) is 7.52. The summed E-state index contributed by atoms with van der Waals surface area (Å²) in [7, 11) is 0. The molecule has 0 spiro atoms. The van der Waals surface area contributed by atoms with Crippen molar-refractivity contribution in [3.05, 3.63) is 105 Å². The van der Waals surface area contributed by atoms with Crippen LogP contribution in [0.2, 0.25) is 0 Å². The minimum absolute atomic E-state index is 0.00172. The van der Waals surface area contributed by atoms with Gasteiger partial charge in [0.25, 0.3) is 5.69 Å². The van der Waals surface area contributed by atoms with Gasteiger partial charge in [0.15, 0.2) is 5.82 Å². The molecule has 2 heterocycles. The van der Waals surface area contributed by atoms with E-state index < -0.39 is 4.92 Å². The fraction of sp³-hybridized carbons (Fsp3) is 0. The summed E-state index contributed by atoms with van der Waals surface area (Å²) in [5, 5.41) is 27.0. The molecule has 0 fully saturated rings. The molecule has 5 aromatic rings.